The average Bonchev–Trinajstić information content (AvgIpc) is 2.67. The number of hydrogen-bond acceptors (Lipinski definition) is 5. The maximum absolute atomic E-state index is 11.2. The van der Waals surface area contributed by atoms with Gasteiger partial charge in [-0.1, -0.05) is 42.0 Å². The van der Waals surface area contributed by atoms with Gasteiger partial charge in [-0.25, -0.2) is 0 Å². The van der Waals surface area contributed by atoms with Gasteiger partial charge in [0, 0.05) is 12.5 Å². The minimum atomic E-state index is -0.464. The summed E-state index contributed by atoms with van der Waals surface area (Å²) < 4.78 is 23.9. The molecule has 1 aromatic carbocycles. The van der Waals surface area contributed by atoms with Crippen molar-refractivity contribution in [1.29, 1.82) is 0 Å². The fraction of sp³-hybridized carbons (Fsp3) is 0.571. The van der Waals surface area contributed by atoms with Crippen molar-refractivity contribution in [2.45, 2.75) is 64.1 Å². The second kappa shape index (κ2) is 8.33. The van der Waals surface area contributed by atoms with Crippen molar-refractivity contribution in [2.24, 2.45) is 0 Å². The Morgan fingerprint density at radius 1 is 1.31 bits per heavy atom. The summed E-state index contributed by atoms with van der Waals surface area (Å²) >= 11 is 0. The van der Waals surface area contributed by atoms with Crippen molar-refractivity contribution >= 4 is 5.97 Å². The highest BCUT2D eigenvalue weighted by atomic mass is 16.7. The number of carbonyl (C=O) groups excluding carboxylic acids is 1. The molecule has 5 heteroatoms. The largest absolute Gasteiger partial charge is 0.463 e. The molecule has 3 rings (SSSR count). The summed E-state index contributed by atoms with van der Waals surface area (Å²) in [6.07, 6.45) is 3.95. The molecule has 26 heavy (non-hydrogen) atoms. The topological polar surface area (TPSA) is 54.0 Å². The summed E-state index contributed by atoms with van der Waals surface area (Å²) in [5.41, 5.74) is 1.79. The van der Waals surface area contributed by atoms with Crippen LogP contribution in [0.25, 0.3) is 0 Å². The van der Waals surface area contributed by atoms with E-state index in [1.54, 1.807) is 0 Å². The Balaban J connectivity index is 1.76. The summed E-state index contributed by atoms with van der Waals surface area (Å²) in [6, 6.07) is 9.97. The highest BCUT2D eigenvalue weighted by molar-refractivity contribution is 5.65. The summed E-state index contributed by atoms with van der Waals surface area (Å²) in [5, 5.41) is 0. The zero-order valence-corrected chi connectivity index (χ0v) is 15.8. The third-order valence-corrected chi connectivity index (χ3v) is 5.04. The maximum Gasteiger partial charge on any atom is 0.302 e. The van der Waals surface area contributed by atoms with Crippen LogP contribution in [-0.4, -0.2) is 37.0 Å². The Morgan fingerprint density at radius 3 is 2.81 bits per heavy atom. The van der Waals surface area contributed by atoms with E-state index in [4.69, 9.17) is 18.9 Å². The first-order valence-corrected chi connectivity index (χ1v) is 9.25. The van der Waals surface area contributed by atoms with Gasteiger partial charge >= 0.3 is 5.97 Å². The number of carbonyl (C=O) groups is 1. The van der Waals surface area contributed by atoms with E-state index in [9.17, 15) is 4.79 Å². The molecule has 2 heterocycles. The van der Waals surface area contributed by atoms with E-state index in [1.165, 1.54) is 12.5 Å². The number of benzene rings is 1. The van der Waals surface area contributed by atoms with Gasteiger partial charge < -0.3 is 18.9 Å². The van der Waals surface area contributed by atoms with E-state index < -0.39 is 11.9 Å². The first-order valence-electron chi connectivity index (χ1n) is 9.25. The third kappa shape index (κ3) is 4.72. The number of rotatable bonds is 3. The number of esters is 1. The summed E-state index contributed by atoms with van der Waals surface area (Å²) in [4.78, 5) is 11.2. The fourth-order valence-electron chi connectivity index (χ4n) is 3.52. The molecule has 4 atom stereocenters. The first-order chi connectivity index (χ1) is 12.5. The Bertz CT molecular complexity index is 641. The average molecular weight is 360 g/mol. The van der Waals surface area contributed by atoms with E-state index >= 15 is 0 Å². The van der Waals surface area contributed by atoms with Crippen molar-refractivity contribution in [2.75, 3.05) is 13.2 Å². The van der Waals surface area contributed by atoms with Gasteiger partial charge in [-0.05, 0) is 33.1 Å². The molecule has 0 spiro atoms. The quantitative estimate of drug-likeness (QED) is 0.604. The van der Waals surface area contributed by atoms with Crippen LogP contribution in [-0.2, 0) is 23.7 Å². The molecular weight excluding hydrogens is 332 g/mol. The number of hydrogen-bond donors (Lipinski definition) is 0. The first kappa shape index (κ1) is 19.1. The van der Waals surface area contributed by atoms with Crippen molar-refractivity contribution in [3.05, 3.63) is 47.5 Å². The third-order valence-electron chi connectivity index (χ3n) is 5.04. The molecule has 2 aliphatic rings. The zero-order chi connectivity index (χ0) is 18.6. The molecule has 0 N–H and O–H groups in total. The van der Waals surface area contributed by atoms with Gasteiger partial charge in [0.2, 0.25) is 0 Å². The fourth-order valence-corrected chi connectivity index (χ4v) is 3.52. The lowest BCUT2D eigenvalue weighted by Gasteiger charge is -2.45. The number of ether oxygens (including phenoxy) is 4. The molecule has 0 amide bonds. The molecule has 1 fully saturated rings. The highest BCUT2D eigenvalue weighted by Gasteiger charge is 2.44. The Hall–Kier alpha value is -1.69. The molecule has 1 saturated heterocycles. The molecular formula is C21H28O5. The Morgan fingerprint density at radius 2 is 2.08 bits per heavy atom. The van der Waals surface area contributed by atoms with Crippen molar-refractivity contribution in [3.63, 3.8) is 0 Å². The predicted octanol–water partition coefficient (Wildman–Crippen LogP) is 3.94. The Kier molecular flexibility index (Phi) is 6.12. The van der Waals surface area contributed by atoms with Crippen LogP contribution in [0.15, 0.2) is 42.0 Å². The zero-order valence-electron chi connectivity index (χ0n) is 15.8. The highest BCUT2D eigenvalue weighted by Crippen LogP contribution is 2.39. The van der Waals surface area contributed by atoms with Crippen LogP contribution >= 0.6 is 0 Å². The van der Waals surface area contributed by atoms with Crippen LogP contribution in [0.3, 0.4) is 0 Å². The predicted molar refractivity (Wildman–Crippen MR) is 97.5 cm³/mol. The van der Waals surface area contributed by atoms with Crippen LogP contribution in [0.4, 0.5) is 0 Å². The molecule has 142 valence electrons. The van der Waals surface area contributed by atoms with Crippen LogP contribution in [0.5, 0.6) is 0 Å². The summed E-state index contributed by atoms with van der Waals surface area (Å²) in [5.74, 6) is -0.293. The maximum atomic E-state index is 11.2. The second-order valence-electron chi connectivity index (χ2n) is 7.35. The van der Waals surface area contributed by atoms with Crippen LogP contribution in [0.2, 0.25) is 0 Å². The van der Waals surface area contributed by atoms with Gasteiger partial charge in [-0.15, -0.1) is 0 Å². The van der Waals surface area contributed by atoms with Gasteiger partial charge in [-0.2, -0.15) is 0 Å². The normalized spacial score (nSPS) is 34.4. The van der Waals surface area contributed by atoms with E-state index in [0.29, 0.717) is 6.61 Å². The molecule has 0 aromatic heterocycles. The lowest BCUT2D eigenvalue weighted by atomic mass is 9.91. The van der Waals surface area contributed by atoms with Gasteiger partial charge in [-0.3, -0.25) is 4.79 Å². The Labute approximate surface area is 155 Å². The molecule has 0 saturated carbocycles. The van der Waals surface area contributed by atoms with E-state index in [0.717, 1.165) is 24.8 Å². The second-order valence-corrected chi connectivity index (χ2v) is 7.35. The molecule has 2 aliphatic heterocycles. The summed E-state index contributed by atoms with van der Waals surface area (Å²) in [6.45, 7) is 6.29. The molecule has 0 bridgehead atoms. The minimum Gasteiger partial charge on any atom is -0.463 e. The number of allylic oxidation sites excluding steroid dienone is 1. The molecule has 1 aromatic rings. The van der Waals surface area contributed by atoms with Gasteiger partial charge in [0.1, 0.15) is 12.7 Å². The van der Waals surface area contributed by atoms with E-state index in [1.807, 2.05) is 30.3 Å². The van der Waals surface area contributed by atoms with Crippen molar-refractivity contribution < 1.29 is 23.7 Å². The van der Waals surface area contributed by atoms with Crippen LogP contribution in [0.1, 0.15) is 51.9 Å². The monoisotopic (exact) mass is 360 g/mol. The van der Waals surface area contributed by atoms with Crippen LogP contribution in [0, 0.1) is 0 Å². The summed E-state index contributed by atoms with van der Waals surface area (Å²) in [7, 11) is 0. The lowest BCUT2D eigenvalue weighted by molar-refractivity contribution is -0.312. The van der Waals surface area contributed by atoms with E-state index in [-0.39, 0.29) is 24.8 Å². The SMILES string of the molecule is CC(=O)OC[C@H]1C/C(C)=C\CC[C@@]2(C)OC(c3ccccc3)OC[C@H]2O1. The molecule has 0 radical (unpaired) electrons. The molecule has 5 nitrogen and oxygen atoms in total. The number of fused-ring (bicyclic) bond motifs is 1. The standard InChI is InChI=1S/C21H28O5/c1-15-8-7-11-21(3)19(25-18(12-15)13-23-16(2)22)14-24-20(26-21)17-9-5-4-6-10-17/h4-6,8-10,18-20H,7,11-14H2,1-3H3/b15-8-/t18-,19-,20?,21-/m1/s1. The van der Waals surface area contributed by atoms with Gasteiger partial charge in [0.15, 0.2) is 6.29 Å². The van der Waals surface area contributed by atoms with Crippen LogP contribution < -0.4 is 0 Å². The van der Waals surface area contributed by atoms with Gasteiger partial charge in [0.25, 0.3) is 0 Å². The smallest absolute Gasteiger partial charge is 0.302 e. The van der Waals surface area contributed by atoms with E-state index in [2.05, 4.69) is 19.9 Å². The van der Waals surface area contributed by atoms with Crippen molar-refractivity contribution in [3.8, 4) is 0 Å². The van der Waals surface area contributed by atoms with Crippen molar-refractivity contribution in [1.82, 2.24) is 0 Å². The lowest BCUT2D eigenvalue weighted by Crippen LogP contribution is -2.53. The molecule has 1 unspecified atom stereocenters. The minimum absolute atomic E-state index is 0.196. The van der Waals surface area contributed by atoms with Gasteiger partial charge in [0.05, 0.1) is 18.3 Å². The molecule has 0 aliphatic carbocycles.